The van der Waals surface area contributed by atoms with Gasteiger partial charge in [0.25, 0.3) is 15.9 Å². The van der Waals surface area contributed by atoms with Crippen LogP contribution in [0.25, 0.3) is 0 Å². The van der Waals surface area contributed by atoms with Gasteiger partial charge < -0.3 is 10.1 Å². The summed E-state index contributed by atoms with van der Waals surface area (Å²) in [6.07, 6.45) is 0. The Hall–Kier alpha value is -2.54. The van der Waals surface area contributed by atoms with E-state index in [1.54, 1.807) is 24.3 Å². The van der Waals surface area contributed by atoms with Gasteiger partial charge in [0.05, 0.1) is 17.2 Å². The lowest BCUT2D eigenvalue weighted by Crippen LogP contribution is -2.27. The van der Waals surface area contributed by atoms with Gasteiger partial charge in [0.15, 0.2) is 0 Å². The van der Waals surface area contributed by atoms with Gasteiger partial charge in [-0.3, -0.25) is 9.52 Å². The average Bonchev–Trinajstić information content (AvgIpc) is 2.61. The van der Waals surface area contributed by atoms with Crippen molar-refractivity contribution in [1.29, 1.82) is 0 Å². The third kappa shape index (κ3) is 5.23. The van der Waals surface area contributed by atoms with Gasteiger partial charge >= 0.3 is 0 Å². The van der Waals surface area contributed by atoms with E-state index in [0.717, 1.165) is 0 Å². The summed E-state index contributed by atoms with van der Waals surface area (Å²) in [5, 5.41) is 2.80. The lowest BCUT2D eigenvalue weighted by molar-refractivity contribution is 0.0949. The average molecular weight is 376 g/mol. The van der Waals surface area contributed by atoms with Crippen LogP contribution in [0.2, 0.25) is 0 Å². The molecule has 2 N–H and O–H groups in total. The first-order valence-electron chi connectivity index (χ1n) is 8.46. The normalized spacial score (nSPS) is 11.2. The molecule has 2 aromatic rings. The van der Waals surface area contributed by atoms with Gasteiger partial charge in [-0.05, 0) is 49.2 Å². The molecule has 0 saturated carbocycles. The number of nitrogens with one attached hydrogen (secondary N) is 2. The first kappa shape index (κ1) is 19.8. The molecule has 0 heterocycles. The molecule has 0 aliphatic rings. The van der Waals surface area contributed by atoms with Gasteiger partial charge in [0, 0.05) is 12.1 Å². The minimum atomic E-state index is -3.78. The van der Waals surface area contributed by atoms with Gasteiger partial charge in [0.2, 0.25) is 0 Å². The number of carbonyl (C=O) groups is 1. The van der Waals surface area contributed by atoms with E-state index >= 15 is 0 Å². The molecule has 2 rings (SSSR count). The Labute approximate surface area is 154 Å². The Balaban J connectivity index is 2.16. The zero-order chi connectivity index (χ0) is 19.2. The van der Waals surface area contributed by atoms with Crippen LogP contribution >= 0.6 is 0 Å². The zero-order valence-electron chi connectivity index (χ0n) is 15.2. The lowest BCUT2D eigenvalue weighted by atomic mass is 10.2. The molecule has 0 saturated heterocycles. The molecule has 0 atom stereocenters. The van der Waals surface area contributed by atoms with E-state index < -0.39 is 10.0 Å². The number of benzene rings is 2. The predicted molar refractivity (Wildman–Crippen MR) is 102 cm³/mol. The molecule has 0 aliphatic carbocycles. The predicted octanol–water partition coefficient (Wildman–Crippen LogP) is 3.27. The maximum Gasteiger partial charge on any atom is 0.262 e. The van der Waals surface area contributed by atoms with Crippen molar-refractivity contribution in [3.63, 3.8) is 0 Å². The maximum absolute atomic E-state index is 12.6. The Kier molecular flexibility index (Phi) is 6.63. The Morgan fingerprint density at radius 2 is 1.73 bits per heavy atom. The van der Waals surface area contributed by atoms with Gasteiger partial charge in [-0.15, -0.1) is 0 Å². The van der Waals surface area contributed by atoms with Crippen molar-refractivity contribution in [2.24, 2.45) is 5.92 Å². The number of amides is 1. The molecule has 0 aromatic heterocycles. The van der Waals surface area contributed by atoms with E-state index in [9.17, 15) is 13.2 Å². The van der Waals surface area contributed by atoms with Crippen LogP contribution in [0, 0.1) is 5.92 Å². The smallest absolute Gasteiger partial charge is 0.262 e. The highest BCUT2D eigenvalue weighted by atomic mass is 32.2. The second-order valence-electron chi connectivity index (χ2n) is 6.16. The van der Waals surface area contributed by atoms with Gasteiger partial charge in [0.1, 0.15) is 5.75 Å². The molecule has 0 spiro atoms. The second kappa shape index (κ2) is 8.71. The van der Waals surface area contributed by atoms with Crippen LogP contribution in [-0.2, 0) is 10.0 Å². The molecule has 140 valence electrons. The van der Waals surface area contributed by atoms with Crippen molar-refractivity contribution in [1.82, 2.24) is 5.32 Å². The minimum absolute atomic E-state index is 0.0733. The molecule has 0 unspecified atom stereocenters. The molecular formula is C19H24N2O4S. The fraction of sp³-hybridized carbons (Fsp3) is 0.316. The molecule has 0 bridgehead atoms. The molecule has 0 fully saturated rings. The number of hydrogen-bond donors (Lipinski definition) is 2. The summed E-state index contributed by atoms with van der Waals surface area (Å²) in [7, 11) is -3.78. The van der Waals surface area contributed by atoms with Crippen molar-refractivity contribution in [2.45, 2.75) is 25.7 Å². The molecule has 7 heteroatoms. The van der Waals surface area contributed by atoms with Crippen molar-refractivity contribution in [3.05, 3.63) is 54.1 Å². The fourth-order valence-electron chi connectivity index (χ4n) is 2.22. The van der Waals surface area contributed by atoms with Crippen LogP contribution in [0.1, 0.15) is 31.1 Å². The molecule has 0 radical (unpaired) electrons. The summed E-state index contributed by atoms with van der Waals surface area (Å²) < 4.78 is 33.1. The second-order valence-corrected chi connectivity index (χ2v) is 7.85. The minimum Gasteiger partial charge on any atom is -0.492 e. The SMILES string of the molecule is CCOc1ccccc1NS(=O)(=O)c1ccc(C(=O)NCC(C)C)cc1. The van der Waals surface area contributed by atoms with E-state index in [4.69, 9.17) is 4.74 Å². The molecule has 26 heavy (non-hydrogen) atoms. The summed E-state index contributed by atoms with van der Waals surface area (Å²) >= 11 is 0. The summed E-state index contributed by atoms with van der Waals surface area (Å²) in [5.74, 6) is 0.578. The Morgan fingerprint density at radius 1 is 1.08 bits per heavy atom. The van der Waals surface area contributed by atoms with Crippen LogP contribution in [0.5, 0.6) is 5.75 Å². The highest BCUT2D eigenvalue weighted by Crippen LogP contribution is 2.26. The Bertz CT molecular complexity index is 846. The number of ether oxygens (including phenoxy) is 1. The highest BCUT2D eigenvalue weighted by Gasteiger charge is 2.17. The molecular weight excluding hydrogens is 352 g/mol. The molecule has 6 nitrogen and oxygen atoms in total. The van der Waals surface area contributed by atoms with Gasteiger partial charge in [-0.1, -0.05) is 26.0 Å². The van der Waals surface area contributed by atoms with E-state index in [2.05, 4.69) is 10.0 Å². The standard InChI is InChI=1S/C19H24N2O4S/c1-4-25-18-8-6-5-7-17(18)21-26(23,24)16-11-9-15(10-12-16)19(22)20-13-14(2)3/h5-12,14,21H,4,13H2,1-3H3,(H,20,22). The van der Waals surface area contributed by atoms with Crippen LogP contribution in [0.3, 0.4) is 0 Å². The van der Waals surface area contributed by atoms with Crippen LogP contribution < -0.4 is 14.8 Å². The van der Waals surface area contributed by atoms with Crippen molar-refractivity contribution in [2.75, 3.05) is 17.9 Å². The molecule has 1 amide bonds. The topological polar surface area (TPSA) is 84.5 Å². The fourth-order valence-corrected chi connectivity index (χ4v) is 3.29. The first-order chi connectivity index (χ1) is 12.3. The highest BCUT2D eigenvalue weighted by molar-refractivity contribution is 7.92. The van der Waals surface area contributed by atoms with Crippen LogP contribution in [0.4, 0.5) is 5.69 Å². The van der Waals surface area contributed by atoms with E-state index in [0.29, 0.717) is 36.1 Å². The summed E-state index contributed by atoms with van der Waals surface area (Å²) in [6, 6.07) is 12.7. The third-order valence-corrected chi connectivity index (χ3v) is 4.91. The monoisotopic (exact) mass is 376 g/mol. The number of anilines is 1. The summed E-state index contributed by atoms with van der Waals surface area (Å²) in [6.45, 7) is 6.82. The number of sulfonamides is 1. The van der Waals surface area contributed by atoms with Crippen molar-refractivity contribution in [3.8, 4) is 5.75 Å². The largest absolute Gasteiger partial charge is 0.492 e. The first-order valence-corrected chi connectivity index (χ1v) is 9.94. The van der Waals surface area contributed by atoms with Crippen LogP contribution in [-0.4, -0.2) is 27.5 Å². The maximum atomic E-state index is 12.6. The molecule has 0 aliphatic heterocycles. The van der Waals surface area contributed by atoms with E-state index in [1.807, 2.05) is 20.8 Å². The zero-order valence-corrected chi connectivity index (χ0v) is 16.0. The molecule has 2 aromatic carbocycles. The third-order valence-electron chi connectivity index (χ3n) is 3.53. The van der Waals surface area contributed by atoms with Gasteiger partial charge in [-0.25, -0.2) is 8.42 Å². The number of hydrogen-bond acceptors (Lipinski definition) is 4. The Morgan fingerprint density at radius 3 is 2.35 bits per heavy atom. The number of para-hydroxylation sites is 2. The van der Waals surface area contributed by atoms with Crippen molar-refractivity contribution >= 4 is 21.6 Å². The summed E-state index contributed by atoms with van der Waals surface area (Å²) in [5.41, 5.74) is 0.785. The van der Waals surface area contributed by atoms with Crippen molar-refractivity contribution < 1.29 is 17.9 Å². The lowest BCUT2D eigenvalue weighted by Gasteiger charge is -2.13. The summed E-state index contributed by atoms with van der Waals surface area (Å²) in [4.78, 5) is 12.1. The van der Waals surface area contributed by atoms with E-state index in [1.165, 1.54) is 24.3 Å². The van der Waals surface area contributed by atoms with Crippen LogP contribution in [0.15, 0.2) is 53.4 Å². The number of carbonyl (C=O) groups excluding carboxylic acids is 1. The van der Waals surface area contributed by atoms with Gasteiger partial charge in [-0.2, -0.15) is 0 Å². The number of rotatable bonds is 8. The quantitative estimate of drug-likeness (QED) is 0.740. The van der Waals surface area contributed by atoms with E-state index in [-0.39, 0.29) is 10.8 Å².